The third-order valence-electron chi connectivity index (χ3n) is 5.87. The molecule has 9 nitrogen and oxygen atoms in total. The molecule has 5 aromatic rings. The molecule has 0 aliphatic heterocycles. The van der Waals surface area contributed by atoms with Crippen LogP contribution in [0.3, 0.4) is 0 Å². The van der Waals surface area contributed by atoms with E-state index in [2.05, 4.69) is 20.6 Å². The number of ether oxygens (including phenoxy) is 2. The van der Waals surface area contributed by atoms with Crippen LogP contribution in [0.15, 0.2) is 54.4 Å². The molecule has 0 aliphatic carbocycles. The second-order valence-electron chi connectivity index (χ2n) is 8.40. The van der Waals surface area contributed by atoms with Crippen LogP contribution in [0.25, 0.3) is 26.3 Å². The summed E-state index contributed by atoms with van der Waals surface area (Å²) in [6.07, 6.45) is 3.65. The van der Waals surface area contributed by atoms with Gasteiger partial charge < -0.3 is 19.4 Å². The largest absolute Gasteiger partial charge is 0.495 e. The molecule has 11 heteroatoms. The molecule has 0 saturated heterocycles. The van der Waals surface area contributed by atoms with Crippen LogP contribution >= 0.6 is 22.7 Å². The van der Waals surface area contributed by atoms with E-state index in [1.54, 1.807) is 31.9 Å². The van der Waals surface area contributed by atoms with Gasteiger partial charge in [-0.15, -0.1) is 22.7 Å². The predicted molar refractivity (Wildman–Crippen MR) is 151 cm³/mol. The van der Waals surface area contributed by atoms with Crippen molar-refractivity contribution in [3.05, 3.63) is 71.3 Å². The summed E-state index contributed by atoms with van der Waals surface area (Å²) in [6.45, 7) is 5.73. The number of rotatable bonds is 7. The number of aryl methyl sites for hydroxylation is 1. The Morgan fingerprint density at radius 1 is 1.08 bits per heavy atom. The van der Waals surface area contributed by atoms with E-state index in [9.17, 15) is 9.59 Å². The van der Waals surface area contributed by atoms with Gasteiger partial charge in [-0.1, -0.05) is 6.07 Å². The van der Waals surface area contributed by atoms with Crippen LogP contribution < -0.4 is 15.4 Å². The Labute approximate surface area is 227 Å². The highest BCUT2D eigenvalue weighted by Gasteiger charge is 2.25. The standard InChI is InChI=1S/C27H25N5O4S2/c1-5-36-26(33)23-16(3)24(17-6-8-20(21(10-17)35-4)32-12-15(2)28-13-32)38-25(23)31-27(34)30-18-7-9-22-19(11-18)29-14-37-22/h6-14H,5H2,1-4H3,(H2,30,31,34). The first-order valence-corrected chi connectivity index (χ1v) is 13.5. The lowest BCUT2D eigenvalue weighted by molar-refractivity contribution is 0.0527. The molecule has 3 heterocycles. The minimum atomic E-state index is -0.496. The number of esters is 1. The Morgan fingerprint density at radius 2 is 1.92 bits per heavy atom. The van der Waals surface area contributed by atoms with Gasteiger partial charge in [0.15, 0.2) is 0 Å². The molecule has 2 N–H and O–H groups in total. The predicted octanol–water partition coefficient (Wildman–Crippen LogP) is 6.66. The maximum atomic E-state index is 12.9. The molecule has 0 saturated carbocycles. The van der Waals surface area contributed by atoms with Crippen molar-refractivity contribution in [3.63, 3.8) is 0 Å². The summed E-state index contributed by atoms with van der Waals surface area (Å²) in [6, 6.07) is 10.8. The lowest BCUT2D eigenvalue weighted by Gasteiger charge is -2.11. The van der Waals surface area contributed by atoms with E-state index in [1.165, 1.54) is 22.7 Å². The Morgan fingerprint density at radius 3 is 2.66 bits per heavy atom. The SMILES string of the molecule is CCOC(=O)c1c(NC(=O)Nc2ccc3scnc3c2)sc(-c2ccc(-n3cnc(C)c3)c(OC)c2)c1C. The topological polar surface area (TPSA) is 107 Å². The highest BCUT2D eigenvalue weighted by atomic mass is 32.1. The second-order valence-corrected chi connectivity index (χ2v) is 10.3. The van der Waals surface area contributed by atoms with Crippen molar-refractivity contribution in [3.8, 4) is 21.9 Å². The maximum absolute atomic E-state index is 12.9. The zero-order valence-electron chi connectivity index (χ0n) is 21.2. The number of anilines is 2. The number of hydrogen-bond donors (Lipinski definition) is 2. The molecule has 0 spiro atoms. The average Bonchev–Trinajstić information content (AvgIpc) is 3.62. The molecule has 0 fully saturated rings. The Balaban J connectivity index is 1.48. The van der Waals surface area contributed by atoms with Gasteiger partial charge in [0.1, 0.15) is 10.8 Å². The van der Waals surface area contributed by atoms with E-state index < -0.39 is 12.0 Å². The fraction of sp³-hybridized carbons (Fsp3) is 0.185. The summed E-state index contributed by atoms with van der Waals surface area (Å²) in [7, 11) is 1.61. The maximum Gasteiger partial charge on any atom is 0.341 e. The minimum Gasteiger partial charge on any atom is -0.495 e. The second kappa shape index (κ2) is 10.6. The number of nitrogens with zero attached hydrogens (tertiary/aromatic N) is 3. The van der Waals surface area contributed by atoms with Gasteiger partial charge >= 0.3 is 12.0 Å². The normalized spacial score (nSPS) is 10.9. The quantitative estimate of drug-likeness (QED) is 0.221. The molecule has 0 atom stereocenters. The molecule has 0 aliphatic rings. The number of carbonyl (C=O) groups is 2. The van der Waals surface area contributed by atoms with Crippen molar-refractivity contribution in [2.75, 3.05) is 24.4 Å². The molecule has 38 heavy (non-hydrogen) atoms. The number of hydrogen-bond acceptors (Lipinski definition) is 8. The number of carbonyl (C=O) groups excluding carboxylic acids is 2. The Hall–Kier alpha value is -4.22. The first-order valence-electron chi connectivity index (χ1n) is 11.8. The third kappa shape index (κ3) is 4.98. The molecule has 3 aromatic heterocycles. The van der Waals surface area contributed by atoms with E-state index in [0.29, 0.717) is 27.6 Å². The number of nitrogens with one attached hydrogen (secondary N) is 2. The average molecular weight is 548 g/mol. The number of benzene rings is 2. The number of thiazole rings is 1. The van der Waals surface area contributed by atoms with Gasteiger partial charge in [-0.2, -0.15) is 0 Å². The summed E-state index contributed by atoms with van der Waals surface area (Å²) >= 11 is 2.83. The lowest BCUT2D eigenvalue weighted by Crippen LogP contribution is -2.20. The molecule has 5 rings (SSSR count). The minimum absolute atomic E-state index is 0.218. The van der Waals surface area contributed by atoms with Crippen LogP contribution in [0.5, 0.6) is 5.75 Å². The number of amides is 2. The summed E-state index contributed by atoms with van der Waals surface area (Å²) < 4.78 is 13.9. The van der Waals surface area contributed by atoms with Gasteiger partial charge in [-0.05, 0) is 62.2 Å². The van der Waals surface area contributed by atoms with Gasteiger partial charge in [-0.3, -0.25) is 5.32 Å². The van der Waals surface area contributed by atoms with Gasteiger partial charge in [-0.25, -0.2) is 19.6 Å². The van der Waals surface area contributed by atoms with Gasteiger partial charge in [0, 0.05) is 16.8 Å². The number of aromatic nitrogens is 3. The van der Waals surface area contributed by atoms with Crippen molar-refractivity contribution in [1.29, 1.82) is 0 Å². The fourth-order valence-corrected chi connectivity index (χ4v) is 5.96. The molecule has 2 amide bonds. The van der Waals surface area contributed by atoms with Crippen molar-refractivity contribution < 1.29 is 19.1 Å². The van der Waals surface area contributed by atoms with E-state index in [1.807, 2.05) is 54.9 Å². The molecular formula is C27H25N5O4S2. The van der Waals surface area contributed by atoms with Crippen molar-refractivity contribution in [1.82, 2.24) is 14.5 Å². The van der Waals surface area contributed by atoms with E-state index in [-0.39, 0.29) is 6.61 Å². The number of fused-ring (bicyclic) bond motifs is 1. The van der Waals surface area contributed by atoms with Crippen molar-refractivity contribution >= 4 is 55.6 Å². The first-order chi connectivity index (χ1) is 18.4. The van der Waals surface area contributed by atoms with E-state index in [4.69, 9.17) is 9.47 Å². The van der Waals surface area contributed by atoms with Crippen LogP contribution in [-0.2, 0) is 4.74 Å². The summed E-state index contributed by atoms with van der Waals surface area (Å²) in [5, 5.41) is 6.07. The van der Waals surface area contributed by atoms with E-state index in [0.717, 1.165) is 32.0 Å². The van der Waals surface area contributed by atoms with Gasteiger partial charge in [0.25, 0.3) is 0 Å². The van der Waals surface area contributed by atoms with Crippen LogP contribution in [0.1, 0.15) is 28.5 Å². The van der Waals surface area contributed by atoms with Crippen molar-refractivity contribution in [2.24, 2.45) is 0 Å². The number of thiophene rings is 1. The molecule has 0 radical (unpaired) electrons. The highest BCUT2D eigenvalue weighted by Crippen LogP contribution is 2.42. The van der Waals surface area contributed by atoms with Crippen LogP contribution in [0, 0.1) is 13.8 Å². The zero-order valence-corrected chi connectivity index (χ0v) is 22.8. The number of imidazole rings is 1. The molecule has 194 valence electrons. The van der Waals surface area contributed by atoms with Crippen LogP contribution in [-0.4, -0.2) is 40.3 Å². The lowest BCUT2D eigenvalue weighted by atomic mass is 10.1. The molecule has 0 unspecified atom stereocenters. The Kier molecular flexibility index (Phi) is 7.12. The number of methoxy groups -OCH3 is 1. The first kappa shape index (κ1) is 25.4. The summed E-state index contributed by atoms with van der Waals surface area (Å²) in [5.41, 5.74) is 6.77. The zero-order chi connectivity index (χ0) is 26.8. The third-order valence-corrected chi connectivity index (χ3v) is 7.94. The smallest absolute Gasteiger partial charge is 0.341 e. The monoisotopic (exact) mass is 547 g/mol. The van der Waals surface area contributed by atoms with E-state index >= 15 is 0 Å². The molecule has 2 aromatic carbocycles. The summed E-state index contributed by atoms with van der Waals surface area (Å²) in [5.74, 6) is 0.152. The summed E-state index contributed by atoms with van der Waals surface area (Å²) in [4.78, 5) is 35.3. The molecule has 0 bridgehead atoms. The van der Waals surface area contributed by atoms with Crippen molar-refractivity contribution in [2.45, 2.75) is 20.8 Å². The highest BCUT2D eigenvalue weighted by molar-refractivity contribution is 7.20. The number of urea groups is 1. The van der Waals surface area contributed by atoms with Crippen LogP contribution in [0.2, 0.25) is 0 Å². The molecular weight excluding hydrogens is 522 g/mol. The Bertz CT molecular complexity index is 1650. The van der Waals surface area contributed by atoms with Gasteiger partial charge in [0.2, 0.25) is 0 Å². The fourth-order valence-electron chi connectivity index (χ4n) is 4.11. The van der Waals surface area contributed by atoms with Gasteiger partial charge in [0.05, 0.1) is 52.7 Å². The van der Waals surface area contributed by atoms with Crippen LogP contribution in [0.4, 0.5) is 15.5 Å².